The zero-order valence-electron chi connectivity index (χ0n) is 8.72. The minimum atomic E-state index is -0.383. The zero-order valence-corrected chi connectivity index (χ0v) is 11.1. The van der Waals surface area contributed by atoms with Crippen molar-refractivity contribution in [2.45, 2.75) is 6.54 Å². The molecule has 1 N–H and O–H groups in total. The maximum Gasteiger partial charge on any atom is 0.292 e. The quantitative estimate of drug-likeness (QED) is 0.685. The smallest absolute Gasteiger partial charge is 0.292 e. The van der Waals surface area contributed by atoms with Crippen LogP contribution < -0.4 is 5.32 Å². The summed E-state index contributed by atoms with van der Waals surface area (Å²) in [5.41, 5.74) is 0.637. The Kier molecular flexibility index (Phi) is 3.75. The molecule has 0 aliphatic rings. The van der Waals surface area contributed by atoms with Crippen LogP contribution in [0.2, 0.25) is 0 Å². The average Bonchev–Trinajstić information content (AvgIpc) is 2.72. The first-order valence-corrected chi connectivity index (χ1v) is 6.55. The topological polar surface area (TPSA) is 55.2 Å². The molecule has 6 heteroatoms. The summed E-state index contributed by atoms with van der Waals surface area (Å²) in [6, 6.07) is 8.59. The van der Waals surface area contributed by atoms with E-state index in [0.717, 1.165) is 9.35 Å². The highest BCUT2D eigenvalue weighted by atomic mass is 79.9. The molecule has 4 nitrogen and oxygen atoms in total. The molecule has 0 saturated heterocycles. The number of para-hydroxylation sites is 2. The predicted molar refractivity (Wildman–Crippen MR) is 72.4 cm³/mol. The molecular weight excluding hydrogens is 304 g/mol. The van der Waals surface area contributed by atoms with Crippen LogP contribution in [-0.4, -0.2) is 4.92 Å². The Labute approximate surface area is 111 Å². The Hall–Kier alpha value is -1.40. The molecule has 0 atom stereocenters. The van der Waals surface area contributed by atoms with E-state index in [4.69, 9.17) is 0 Å². The van der Waals surface area contributed by atoms with Crippen LogP contribution in [0.4, 0.5) is 11.4 Å². The fourth-order valence-corrected chi connectivity index (χ4v) is 2.84. The van der Waals surface area contributed by atoms with Gasteiger partial charge in [0.05, 0.1) is 11.5 Å². The largest absolute Gasteiger partial charge is 0.375 e. The maximum atomic E-state index is 10.8. The van der Waals surface area contributed by atoms with Gasteiger partial charge in [-0.3, -0.25) is 10.1 Å². The van der Waals surface area contributed by atoms with Gasteiger partial charge in [-0.1, -0.05) is 12.1 Å². The second-order valence-corrected chi connectivity index (χ2v) is 5.17. The highest BCUT2D eigenvalue weighted by Gasteiger charge is 2.12. The van der Waals surface area contributed by atoms with Gasteiger partial charge in [0.25, 0.3) is 5.69 Å². The number of nitro groups is 1. The summed E-state index contributed by atoms with van der Waals surface area (Å²) >= 11 is 5.03. The van der Waals surface area contributed by atoms with E-state index in [1.807, 2.05) is 11.4 Å². The van der Waals surface area contributed by atoms with Crippen LogP contribution in [0.3, 0.4) is 0 Å². The molecule has 0 aliphatic carbocycles. The van der Waals surface area contributed by atoms with Crippen molar-refractivity contribution < 1.29 is 4.92 Å². The van der Waals surface area contributed by atoms with Crippen LogP contribution in [0.15, 0.2) is 40.2 Å². The number of thiophene rings is 1. The first kappa shape index (κ1) is 12.1. The molecule has 2 rings (SSSR count). The normalized spacial score (nSPS) is 10.2. The van der Waals surface area contributed by atoms with Gasteiger partial charge in [0.1, 0.15) is 5.69 Å². The van der Waals surface area contributed by atoms with E-state index < -0.39 is 0 Å². The van der Waals surface area contributed by atoms with Gasteiger partial charge in [-0.05, 0) is 33.4 Å². The van der Waals surface area contributed by atoms with E-state index in [0.29, 0.717) is 12.2 Å². The van der Waals surface area contributed by atoms with E-state index in [1.54, 1.807) is 29.5 Å². The van der Waals surface area contributed by atoms with E-state index >= 15 is 0 Å². The second-order valence-electron chi connectivity index (χ2n) is 3.32. The van der Waals surface area contributed by atoms with Crippen molar-refractivity contribution in [1.82, 2.24) is 0 Å². The molecule has 0 saturated carbocycles. The molecule has 88 valence electrons. The third kappa shape index (κ3) is 2.83. The third-order valence-electron chi connectivity index (χ3n) is 2.23. The minimum Gasteiger partial charge on any atom is -0.375 e. The van der Waals surface area contributed by atoms with Crippen molar-refractivity contribution in [3.63, 3.8) is 0 Å². The van der Waals surface area contributed by atoms with Crippen molar-refractivity contribution in [2.75, 3.05) is 5.32 Å². The summed E-state index contributed by atoms with van der Waals surface area (Å²) < 4.78 is 1.02. The highest BCUT2D eigenvalue weighted by molar-refractivity contribution is 9.10. The molecule has 0 radical (unpaired) electrons. The van der Waals surface area contributed by atoms with Crippen LogP contribution in [0.1, 0.15) is 4.88 Å². The van der Waals surface area contributed by atoms with Gasteiger partial charge in [0.2, 0.25) is 0 Å². The average molecular weight is 313 g/mol. The molecule has 0 spiro atoms. The fraction of sp³-hybridized carbons (Fsp3) is 0.0909. The molecule has 1 heterocycles. The number of benzene rings is 1. The van der Waals surface area contributed by atoms with E-state index in [-0.39, 0.29) is 10.6 Å². The number of hydrogen-bond acceptors (Lipinski definition) is 4. The molecule has 1 aromatic heterocycles. The van der Waals surface area contributed by atoms with Crippen LogP contribution in [0, 0.1) is 10.1 Å². The molecule has 2 aromatic rings. The zero-order chi connectivity index (χ0) is 12.3. The Morgan fingerprint density at radius 1 is 1.35 bits per heavy atom. The molecule has 0 unspecified atom stereocenters. The van der Waals surface area contributed by atoms with Gasteiger partial charge in [0, 0.05) is 15.4 Å². The molecule has 0 amide bonds. The van der Waals surface area contributed by atoms with E-state index in [2.05, 4.69) is 21.2 Å². The van der Waals surface area contributed by atoms with Crippen LogP contribution in [0.5, 0.6) is 0 Å². The SMILES string of the molecule is O=[N+]([O-])c1ccccc1NCc1sccc1Br. The third-order valence-corrected chi connectivity index (χ3v) is 4.16. The summed E-state index contributed by atoms with van der Waals surface area (Å²) in [6.07, 6.45) is 0. The van der Waals surface area contributed by atoms with E-state index in [9.17, 15) is 10.1 Å². The van der Waals surface area contributed by atoms with Crippen LogP contribution in [0.25, 0.3) is 0 Å². The van der Waals surface area contributed by atoms with Crippen molar-refractivity contribution in [3.8, 4) is 0 Å². The monoisotopic (exact) mass is 312 g/mol. The molecule has 0 bridgehead atoms. The van der Waals surface area contributed by atoms with Gasteiger partial charge in [0.15, 0.2) is 0 Å². The number of hydrogen-bond donors (Lipinski definition) is 1. The summed E-state index contributed by atoms with van der Waals surface area (Å²) in [5.74, 6) is 0. The maximum absolute atomic E-state index is 10.8. The number of nitro benzene ring substituents is 1. The van der Waals surface area contributed by atoms with Crippen LogP contribution >= 0.6 is 27.3 Å². The number of rotatable bonds is 4. The lowest BCUT2D eigenvalue weighted by atomic mass is 10.2. The molecule has 17 heavy (non-hydrogen) atoms. The molecular formula is C11H9BrN2O2S. The first-order chi connectivity index (χ1) is 8.18. The highest BCUT2D eigenvalue weighted by Crippen LogP contribution is 2.27. The minimum absolute atomic E-state index is 0.0974. The Balaban J connectivity index is 2.14. The summed E-state index contributed by atoms with van der Waals surface area (Å²) in [6.45, 7) is 0.573. The van der Waals surface area contributed by atoms with Crippen molar-refractivity contribution in [2.24, 2.45) is 0 Å². The summed E-state index contributed by atoms with van der Waals surface area (Å²) in [4.78, 5) is 11.5. The Morgan fingerprint density at radius 2 is 2.12 bits per heavy atom. The number of anilines is 1. The molecule has 1 aromatic carbocycles. The van der Waals surface area contributed by atoms with Crippen molar-refractivity contribution in [1.29, 1.82) is 0 Å². The summed E-state index contributed by atoms with van der Waals surface area (Å²) in [5, 5.41) is 15.9. The number of halogens is 1. The number of nitrogens with one attached hydrogen (secondary N) is 1. The van der Waals surface area contributed by atoms with Gasteiger partial charge >= 0.3 is 0 Å². The predicted octanol–water partition coefficient (Wildman–Crippen LogP) is 4.03. The standard InChI is InChI=1S/C11H9BrN2O2S/c12-8-5-6-17-11(8)7-13-9-3-1-2-4-10(9)14(15)16/h1-6,13H,7H2. The van der Waals surface area contributed by atoms with Gasteiger partial charge in [-0.25, -0.2) is 0 Å². The molecule has 0 fully saturated rings. The molecule has 0 aliphatic heterocycles. The van der Waals surface area contributed by atoms with Crippen LogP contribution in [-0.2, 0) is 6.54 Å². The lowest BCUT2D eigenvalue weighted by Gasteiger charge is -2.05. The van der Waals surface area contributed by atoms with Crippen molar-refractivity contribution >= 4 is 38.6 Å². The Bertz CT molecular complexity index is 542. The first-order valence-electron chi connectivity index (χ1n) is 4.87. The van der Waals surface area contributed by atoms with E-state index in [1.165, 1.54) is 6.07 Å². The van der Waals surface area contributed by atoms with Gasteiger partial charge in [-0.15, -0.1) is 11.3 Å². The Morgan fingerprint density at radius 3 is 2.76 bits per heavy atom. The van der Waals surface area contributed by atoms with Crippen molar-refractivity contribution in [3.05, 3.63) is 55.2 Å². The number of nitrogens with zero attached hydrogens (tertiary/aromatic N) is 1. The van der Waals surface area contributed by atoms with Gasteiger partial charge in [-0.2, -0.15) is 0 Å². The van der Waals surface area contributed by atoms with Gasteiger partial charge < -0.3 is 5.32 Å². The summed E-state index contributed by atoms with van der Waals surface area (Å²) in [7, 11) is 0. The lowest BCUT2D eigenvalue weighted by molar-refractivity contribution is -0.384. The lowest BCUT2D eigenvalue weighted by Crippen LogP contribution is -2.01. The second kappa shape index (κ2) is 5.29. The fourth-order valence-electron chi connectivity index (χ4n) is 1.41.